The quantitative estimate of drug-likeness (QED) is 0.284. The molecule has 3 nitrogen and oxygen atoms in total. The molecule has 0 atom stereocenters. The Bertz CT molecular complexity index is 9.61. The molecule has 0 saturated heterocycles. The predicted molar refractivity (Wildman–Crippen MR) is 17.8 cm³/mol. The van der Waals surface area contributed by atoms with E-state index in [1.54, 1.807) is 0 Å². The van der Waals surface area contributed by atoms with E-state index in [-0.39, 0.29) is 5.48 Å². The third kappa shape index (κ3) is 50.2. The van der Waals surface area contributed by atoms with Crippen LogP contribution in [-0.4, -0.2) is 5.48 Å². The van der Waals surface area contributed by atoms with Crippen LogP contribution >= 0.6 is 9.19 Å². The van der Waals surface area contributed by atoms with Gasteiger partial charge in [-0.2, -0.15) is 0 Å². The van der Waals surface area contributed by atoms with E-state index in [9.17, 15) is 0 Å². The molecule has 0 aliphatic rings. The normalized spacial score (nSPS) is 2.60. The van der Waals surface area contributed by atoms with Gasteiger partial charge in [0.15, 0.2) is 0 Å². The van der Waals surface area contributed by atoms with Gasteiger partial charge in [0.2, 0.25) is 0 Å². The fraction of sp³-hybridized carbons (Fsp3) is 0. The second-order valence-electron chi connectivity index (χ2n) is 0. The topological polar surface area (TPSA) is 83.5 Å². The Morgan fingerprint density at radius 1 is 1.20 bits per heavy atom. The molecule has 5 heavy (non-hydrogen) atoms. The zero-order valence-corrected chi connectivity index (χ0v) is 4.57. The first-order valence-corrected chi connectivity index (χ1v) is 2.36. The van der Waals surface area contributed by atoms with Gasteiger partial charge < -0.3 is 5.48 Å². The molecule has 0 amide bonds. The number of rotatable bonds is 0. The van der Waals surface area contributed by atoms with Gasteiger partial charge in [-0.3, -0.25) is 11.7 Å². The molecule has 0 aliphatic heterocycles. The van der Waals surface area contributed by atoms with E-state index in [2.05, 4.69) is 40.9 Å². The van der Waals surface area contributed by atoms with Crippen molar-refractivity contribution in [1.82, 2.24) is 0 Å². The molecule has 5 heteroatoms. The van der Waals surface area contributed by atoms with Crippen molar-refractivity contribution in [3.8, 4) is 0 Å². The molecule has 0 aromatic heterocycles. The van der Waals surface area contributed by atoms with Crippen molar-refractivity contribution < 1.29 is 25.5 Å². The van der Waals surface area contributed by atoms with Crippen LogP contribution in [0, 0.1) is 0 Å². The fourth-order valence-corrected chi connectivity index (χ4v) is 0. The first-order valence-electron chi connectivity index (χ1n) is 0.447. The van der Waals surface area contributed by atoms with Crippen molar-refractivity contribution in [3.05, 3.63) is 0 Å². The second-order valence-corrected chi connectivity index (χ2v) is 0. The van der Waals surface area contributed by atoms with Crippen molar-refractivity contribution in [2.45, 2.75) is 0 Å². The molecule has 40 valence electrons. The molecule has 0 aromatic rings. The van der Waals surface area contributed by atoms with Gasteiger partial charge in [-0.15, -0.1) is 0 Å². The van der Waals surface area contributed by atoms with Crippen LogP contribution in [0.3, 0.4) is 0 Å². The molecule has 0 aliphatic carbocycles. The van der Waals surface area contributed by atoms with Crippen molar-refractivity contribution >= 4 is 9.19 Å². The Morgan fingerprint density at radius 3 is 1.20 bits per heavy atom. The van der Waals surface area contributed by atoms with Gasteiger partial charge in [-0.25, -0.2) is 0 Å². The van der Waals surface area contributed by atoms with Crippen LogP contribution in [0.5, 0.6) is 0 Å². The number of halogens is 1. The van der Waals surface area contributed by atoms with Crippen LogP contribution in [0.15, 0.2) is 0 Å². The van der Waals surface area contributed by atoms with E-state index in [1.807, 2.05) is 0 Å². The third-order valence-corrected chi connectivity index (χ3v) is 0. The summed E-state index contributed by atoms with van der Waals surface area (Å²) in [6.07, 6.45) is 0. The van der Waals surface area contributed by atoms with E-state index >= 15 is 0 Å². The standard InChI is InChI=1S/Ag.ClH.H4N2.H2O/c;;1-2;/h;1H;1-2H2;1H2/q+1;;;/p-1. The van der Waals surface area contributed by atoms with Gasteiger partial charge in [-0.1, -0.05) is 0 Å². The Hall–Kier alpha value is 0.910. The number of hydrogen-bond donors (Lipinski definition) is 2. The molecule has 0 rings (SSSR count). The summed E-state index contributed by atoms with van der Waals surface area (Å²) in [5.74, 6) is 8.00. The molecule has 0 heterocycles. The summed E-state index contributed by atoms with van der Waals surface area (Å²) in [6, 6.07) is 0. The summed E-state index contributed by atoms with van der Waals surface area (Å²) in [7, 11) is 4.45. The first kappa shape index (κ1) is 16.8. The monoisotopic (exact) mass is 192 g/mol. The summed E-state index contributed by atoms with van der Waals surface area (Å²) in [5.41, 5.74) is 0. The zero-order valence-electron chi connectivity index (χ0n) is 2.33. The Balaban J connectivity index is -0.0000000133. The minimum atomic E-state index is 0. The summed E-state index contributed by atoms with van der Waals surface area (Å²) >= 11 is 2.42. The van der Waals surface area contributed by atoms with Crippen molar-refractivity contribution in [2.75, 3.05) is 0 Å². The SMILES string of the molecule is NN.O.[Cl][Ag]. The van der Waals surface area contributed by atoms with Crippen LogP contribution in [0.4, 0.5) is 0 Å². The zero-order chi connectivity index (χ0) is 4.00. The number of hydrazine groups is 1. The molecular weight excluding hydrogens is 187 g/mol. The predicted octanol–water partition coefficient (Wildman–Crippen LogP) is -1.32. The molecule has 0 fully saturated rings. The van der Waals surface area contributed by atoms with Crippen LogP contribution in [0.1, 0.15) is 0 Å². The molecule has 0 spiro atoms. The molecular formula is H6AgClN2O. The molecule has 0 saturated carbocycles. The molecule has 0 aromatic carbocycles. The fourth-order valence-electron chi connectivity index (χ4n) is 0. The van der Waals surface area contributed by atoms with Crippen LogP contribution in [0.25, 0.3) is 0 Å². The Kier molecular flexibility index (Phi) is 305. The van der Waals surface area contributed by atoms with E-state index < -0.39 is 0 Å². The molecule has 0 bridgehead atoms. The molecule has 0 radical (unpaired) electrons. The van der Waals surface area contributed by atoms with Crippen LogP contribution < -0.4 is 11.7 Å². The van der Waals surface area contributed by atoms with Gasteiger partial charge in [-0.05, 0) is 0 Å². The van der Waals surface area contributed by atoms with Gasteiger partial charge >= 0.3 is 29.2 Å². The van der Waals surface area contributed by atoms with E-state index in [1.165, 1.54) is 0 Å². The van der Waals surface area contributed by atoms with Gasteiger partial charge in [0, 0.05) is 0 Å². The maximum atomic E-state index is 4.45. The minimum absolute atomic E-state index is 0. The average Bonchev–Trinajstić information content (AvgIpc) is 1.50. The summed E-state index contributed by atoms with van der Waals surface area (Å²) < 4.78 is 0. The Morgan fingerprint density at radius 2 is 1.20 bits per heavy atom. The van der Waals surface area contributed by atoms with Crippen molar-refractivity contribution in [1.29, 1.82) is 0 Å². The van der Waals surface area contributed by atoms with Crippen LogP contribution in [-0.2, 0) is 20.0 Å². The molecule has 0 unspecified atom stereocenters. The summed E-state index contributed by atoms with van der Waals surface area (Å²) in [4.78, 5) is 0. The van der Waals surface area contributed by atoms with Gasteiger partial charge in [0.1, 0.15) is 0 Å². The first-order chi connectivity index (χ1) is 2.00. The maximum absolute atomic E-state index is 4.45. The summed E-state index contributed by atoms with van der Waals surface area (Å²) in [5, 5.41) is 0. The van der Waals surface area contributed by atoms with Crippen LogP contribution in [0.2, 0.25) is 0 Å². The Labute approximate surface area is 46.7 Å². The second kappa shape index (κ2) is 90.6. The van der Waals surface area contributed by atoms with Gasteiger partial charge in [0.25, 0.3) is 0 Å². The number of hydrogen-bond acceptors (Lipinski definition) is 2. The third-order valence-electron chi connectivity index (χ3n) is 0. The van der Waals surface area contributed by atoms with Crippen molar-refractivity contribution in [3.63, 3.8) is 0 Å². The average molecular weight is 193 g/mol. The van der Waals surface area contributed by atoms with E-state index in [0.29, 0.717) is 0 Å². The van der Waals surface area contributed by atoms with E-state index in [0.717, 1.165) is 0 Å². The number of nitrogens with two attached hydrogens (primary N) is 2. The summed E-state index contributed by atoms with van der Waals surface area (Å²) in [6.45, 7) is 0. The van der Waals surface area contributed by atoms with Gasteiger partial charge in [0.05, 0.1) is 0 Å². The molecule has 6 N–H and O–H groups in total. The van der Waals surface area contributed by atoms with E-state index in [4.69, 9.17) is 0 Å². The van der Waals surface area contributed by atoms with Crippen molar-refractivity contribution in [2.24, 2.45) is 11.7 Å².